The lowest BCUT2D eigenvalue weighted by Gasteiger charge is -2.61. The summed E-state index contributed by atoms with van der Waals surface area (Å²) in [5.74, 6) is 4.10. The van der Waals surface area contributed by atoms with E-state index in [-0.39, 0.29) is 29.0 Å². The van der Waals surface area contributed by atoms with Gasteiger partial charge >= 0.3 is 5.97 Å². The molecule has 2 heterocycles. The van der Waals surface area contributed by atoms with Gasteiger partial charge in [-0.05, 0) is 134 Å². The standard InChI is InChI=1S/C34H42O5/c1-21(8-13-31(35)36)27-11-12-28-25-9-10-29-26(19-24-7-5-17-39-24)32(37)22(18-23-6-4-16-38-23)20-34(29,3)30(25)14-15-33(27,28)2/h4-7,16-19,21,25,27-30H,8-15,20H2,1-3H3,(H,35,36)/b22-18-,26-19+/t21-,25+,27-,28+,29-,30+,33-,34+/m1/s1. The van der Waals surface area contributed by atoms with Crippen LogP contribution in [0.4, 0.5) is 0 Å². The number of allylic oxidation sites excluding steroid dienone is 2. The number of rotatable bonds is 6. The van der Waals surface area contributed by atoms with Crippen molar-refractivity contribution >= 4 is 23.9 Å². The van der Waals surface area contributed by atoms with Gasteiger partial charge in [0.2, 0.25) is 0 Å². The fourth-order valence-corrected chi connectivity index (χ4v) is 9.94. The Morgan fingerprint density at radius 3 is 2.36 bits per heavy atom. The Kier molecular flexibility index (Phi) is 6.76. The van der Waals surface area contributed by atoms with Gasteiger partial charge in [-0.25, -0.2) is 0 Å². The lowest BCUT2D eigenvalue weighted by atomic mass is 9.43. The van der Waals surface area contributed by atoms with Crippen molar-refractivity contribution in [1.29, 1.82) is 0 Å². The van der Waals surface area contributed by atoms with E-state index in [0.29, 0.717) is 29.6 Å². The highest BCUT2D eigenvalue weighted by Gasteiger charge is 2.61. The molecule has 0 spiro atoms. The summed E-state index contributed by atoms with van der Waals surface area (Å²) in [4.78, 5) is 25.2. The van der Waals surface area contributed by atoms with E-state index < -0.39 is 5.97 Å². The number of aliphatic carboxylic acids is 1. The van der Waals surface area contributed by atoms with Crippen molar-refractivity contribution in [2.45, 2.75) is 78.6 Å². The number of hydrogen-bond acceptors (Lipinski definition) is 4. The summed E-state index contributed by atoms with van der Waals surface area (Å²) in [7, 11) is 0. The van der Waals surface area contributed by atoms with E-state index >= 15 is 0 Å². The smallest absolute Gasteiger partial charge is 0.303 e. The number of fused-ring (bicyclic) bond motifs is 5. The van der Waals surface area contributed by atoms with Crippen LogP contribution in [-0.4, -0.2) is 16.9 Å². The molecule has 4 saturated carbocycles. The summed E-state index contributed by atoms with van der Waals surface area (Å²) < 4.78 is 11.3. The fraction of sp³-hybridized carbons (Fsp3) is 0.588. The second-order valence-corrected chi connectivity index (χ2v) is 13.5. The number of carboxylic acids is 1. The third kappa shape index (κ3) is 4.46. The minimum Gasteiger partial charge on any atom is -0.481 e. The Morgan fingerprint density at radius 1 is 1.00 bits per heavy atom. The van der Waals surface area contributed by atoms with Gasteiger partial charge in [0.25, 0.3) is 0 Å². The number of furan rings is 2. The minimum atomic E-state index is -0.680. The molecule has 0 aromatic carbocycles. The highest BCUT2D eigenvalue weighted by molar-refractivity contribution is 6.14. The van der Waals surface area contributed by atoms with Gasteiger partial charge in [0.15, 0.2) is 5.78 Å². The van der Waals surface area contributed by atoms with E-state index in [1.165, 1.54) is 32.1 Å². The summed E-state index contributed by atoms with van der Waals surface area (Å²) in [6, 6.07) is 7.61. The zero-order chi connectivity index (χ0) is 27.4. The molecule has 0 unspecified atom stereocenters. The summed E-state index contributed by atoms with van der Waals surface area (Å²) in [5, 5.41) is 9.27. The molecule has 5 heteroatoms. The highest BCUT2D eigenvalue weighted by atomic mass is 16.4. The van der Waals surface area contributed by atoms with Crippen LogP contribution >= 0.6 is 0 Å². The molecule has 6 rings (SSSR count). The van der Waals surface area contributed by atoms with Crippen LogP contribution in [0.5, 0.6) is 0 Å². The van der Waals surface area contributed by atoms with Crippen molar-refractivity contribution in [2.24, 2.45) is 46.3 Å². The van der Waals surface area contributed by atoms with Crippen LogP contribution in [0.1, 0.15) is 90.1 Å². The van der Waals surface area contributed by atoms with Crippen molar-refractivity contribution < 1.29 is 23.5 Å². The number of carboxylic acid groups (broad SMARTS) is 1. The van der Waals surface area contributed by atoms with Crippen LogP contribution in [0.3, 0.4) is 0 Å². The Bertz CT molecular complexity index is 1270. The summed E-state index contributed by atoms with van der Waals surface area (Å²) in [5.41, 5.74) is 2.03. The van der Waals surface area contributed by atoms with E-state index in [1.807, 2.05) is 36.4 Å². The first-order chi connectivity index (χ1) is 18.7. The molecule has 0 amide bonds. The first-order valence-corrected chi connectivity index (χ1v) is 15.0. The maximum absolute atomic E-state index is 13.9. The zero-order valence-corrected chi connectivity index (χ0v) is 23.5. The van der Waals surface area contributed by atoms with Crippen LogP contribution < -0.4 is 0 Å². The average molecular weight is 531 g/mol. The second-order valence-electron chi connectivity index (χ2n) is 13.5. The van der Waals surface area contributed by atoms with Crippen LogP contribution in [0.2, 0.25) is 0 Å². The largest absolute Gasteiger partial charge is 0.481 e. The van der Waals surface area contributed by atoms with E-state index in [4.69, 9.17) is 8.83 Å². The average Bonchev–Trinajstić information content (AvgIpc) is 3.66. The van der Waals surface area contributed by atoms with E-state index in [9.17, 15) is 14.7 Å². The number of carbonyl (C=O) groups is 2. The van der Waals surface area contributed by atoms with Crippen molar-refractivity contribution in [2.75, 3.05) is 0 Å². The molecule has 8 atom stereocenters. The summed E-state index contributed by atoms with van der Waals surface area (Å²) in [6.45, 7) is 7.26. The highest BCUT2D eigenvalue weighted by Crippen LogP contribution is 2.69. The predicted molar refractivity (Wildman–Crippen MR) is 150 cm³/mol. The van der Waals surface area contributed by atoms with Crippen molar-refractivity contribution in [3.8, 4) is 0 Å². The Hall–Kier alpha value is -2.82. The third-order valence-electron chi connectivity index (χ3n) is 11.6. The topological polar surface area (TPSA) is 80.6 Å². The fourth-order valence-electron chi connectivity index (χ4n) is 9.94. The van der Waals surface area contributed by atoms with E-state index in [0.717, 1.165) is 41.9 Å². The molecular weight excluding hydrogens is 488 g/mol. The molecular formula is C34H42O5. The van der Waals surface area contributed by atoms with Gasteiger partial charge in [-0.1, -0.05) is 20.8 Å². The van der Waals surface area contributed by atoms with Gasteiger partial charge in [-0.2, -0.15) is 0 Å². The molecule has 2 aromatic rings. The van der Waals surface area contributed by atoms with Crippen LogP contribution in [-0.2, 0) is 9.59 Å². The molecule has 4 aliphatic rings. The molecule has 0 aliphatic heterocycles. The zero-order valence-electron chi connectivity index (χ0n) is 23.5. The molecule has 208 valence electrons. The molecule has 0 radical (unpaired) electrons. The van der Waals surface area contributed by atoms with Gasteiger partial charge in [0.1, 0.15) is 11.5 Å². The van der Waals surface area contributed by atoms with Crippen molar-refractivity contribution in [1.82, 2.24) is 0 Å². The molecule has 0 saturated heterocycles. The lowest BCUT2D eigenvalue weighted by Crippen LogP contribution is -2.54. The SMILES string of the molecule is C[C@H](CCC(=O)O)[C@H]1CC[C@H]2[C@@H]3CC[C@@H]4/C(=C\c5ccco5)C(=O)/C(=C\c5ccco5)C[C@]4(C)[C@H]3CC[C@]12C. The monoisotopic (exact) mass is 530 g/mol. The molecule has 1 N–H and O–H groups in total. The third-order valence-corrected chi connectivity index (χ3v) is 11.6. The van der Waals surface area contributed by atoms with Crippen molar-refractivity contribution in [3.05, 3.63) is 59.5 Å². The first kappa shape index (κ1) is 26.4. The molecule has 4 aliphatic carbocycles. The molecule has 0 bridgehead atoms. The first-order valence-electron chi connectivity index (χ1n) is 15.0. The predicted octanol–water partition coefficient (Wildman–Crippen LogP) is 8.29. The summed E-state index contributed by atoms with van der Waals surface area (Å²) >= 11 is 0. The molecule has 39 heavy (non-hydrogen) atoms. The normalized spacial score (nSPS) is 38.8. The quantitative estimate of drug-likeness (QED) is 0.380. The van der Waals surface area contributed by atoms with Crippen LogP contribution in [0.15, 0.2) is 56.8 Å². The van der Waals surface area contributed by atoms with Crippen molar-refractivity contribution in [3.63, 3.8) is 0 Å². The maximum atomic E-state index is 13.9. The second kappa shape index (κ2) is 9.98. The van der Waals surface area contributed by atoms with Crippen LogP contribution in [0, 0.1) is 46.3 Å². The van der Waals surface area contributed by atoms with E-state index in [1.54, 1.807) is 12.5 Å². The Balaban J connectivity index is 1.33. The van der Waals surface area contributed by atoms with Crippen LogP contribution in [0.25, 0.3) is 12.2 Å². The minimum absolute atomic E-state index is 0.00200. The van der Waals surface area contributed by atoms with Gasteiger partial charge in [-0.15, -0.1) is 0 Å². The Labute approximate surface area is 231 Å². The van der Waals surface area contributed by atoms with E-state index in [2.05, 4.69) is 20.8 Å². The Morgan fingerprint density at radius 2 is 1.69 bits per heavy atom. The maximum Gasteiger partial charge on any atom is 0.303 e. The molecule has 5 nitrogen and oxygen atoms in total. The van der Waals surface area contributed by atoms with Gasteiger partial charge in [0, 0.05) is 17.6 Å². The van der Waals surface area contributed by atoms with Gasteiger partial charge in [0.05, 0.1) is 12.5 Å². The number of carbonyl (C=O) groups excluding carboxylic acids is 1. The molecule has 4 fully saturated rings. The van der Waals surface area contributed by atoms with Gasteiger partial charge in [-0.3, -0.25) is 9.59 Å². The molecule has 2 aromatic heterocycles. The summed E-state index contributed by atoms with van der Waals surface area (Å²) in [6.07, 6.45) is 16.2. The number of hydrogen-bond donors (Lipinski definition) is 1. The van der Waals surface area contributed by atoms with Gasteiger partial charge < -0.3 is 13.9 Å². The number of Topliss-reactive ketones (excluding diaryl/α,β-unsaturated/α-hetero) is 1. The lowest BCUT2D eigenvalue weighted by molar-refractivity contribution is -0.137. The number of ketones is 1.